The topological polar surface area (TPSA) is 76.9 Å². The standard InChI is InChI=1S/C13H14N4O/c1-9-12(7-14)13(15)17(16-9)8-10-3-5-11(18-2)6-4-10/h3-6H,8,15H2,1-2H3. The zero-order valence-electron chi connectivity index (χ0n) is 10.3. The average Bonchev–Trinajstić information content (AvgIpc) is 2.65. The van der Waals surface area contributed by atoms with E-state index in [4.69, 9.17) is 15.7 Å². The van der Waals surface area contributed by atoms with Crippen LogP contribution in [0.3, 0.4) is 0 Å². The van der Waals surface area contributed by atoms with Crippen LogP contribution < -0.4 is 10.5 Å². The molecule has 2 rings (SSSR count). The van der Waals surface area contributed by atoms with E-state index < -0.39 is 0 Å². The Hall–Kier alpha value is -2.48. The maximum atomic E-state index is 8.95. The molecule has 0 aliphatic heterocycles. The third-order valence-electron chi connectivity index (χ3n) is 2.77. The average molecular weight is 242 g/mol. The summed E-state index contributed by atoms with van der Waals surface area (Å²) in [7, 11) is 1.63. The van der Waals surface area contributed by atoms with Crippen molar-refractivity contribution in [3.05, 3.63) is 41.1 Å². The molecule has 0 spiro atoms. The molecule has 0 saturated carbocycles. The number of rotatable bonds is 3. The molecule has 5 nitrogen and oxygen atoms in total. The molecule has 18 heavy (non-hydrogen) atoms. The first-order chi connectivity index (χ1) is 8.65. The third kappa shape index (κ3) is 2.13. The first kappa shape index (κ1) is 12.0. The number of nitriles is 1. The van der Waals surface area contributed by atoms with Gasteiger partial charge < -0.3 is 10.5 Å². The van der Waals surface area contributed by atoms with Gasteiger partial charge in [0.25, 0.3) is 0 Å². The van der Waals surface area contributed by atoms with Crippen LogP contribution in [0, 0.1) is 18.3 Å². The maximum absolute atomic E-state index is 8.95. The largest absolute Gasteiger partial charge is 0.497 e. The van der Waals surface area contributed by atoms with Crippen molar-refractivity contribution in [2.24, 2.45) is 0 Å². The van der Waals surface area contributed by atoms with E-state index in [0.29, 0.717) is 23.6 Å². The number of anilines is 1. The van der Waals surface area contributed by atoms with Crippen LogP contribution in [0.4, 0.5) is 5.82 Å². The summed E-state index contributed by atoms with van der Waals surface area (Å²) in [6.45, 7) is 2.32. The van der Waals surface area contributed by atoms with E-state index in [0.717, 1.165) is 11.3 Å². The number of hydrogen-bond acceptors (Lipinski definition) is 4. The monoisotopic (exact) mass is 242 g/mol. The van der Waals surface area contributed by atoms with Crippen molar-refractivity contribution in [1.82, 2.24) is 9.78 Å². The van der Waals surface area contributed by atoms with Gasteiger partial charge in [-0.15, -0.1) is 0 Å². The molecule has 0 radical (unpaired) electrons. The first-order valence-corrected chi connectivity index (χ1v) is 5.51. The minimum absolute atomic E-state index is 0.408. The number of aromatic nitrogens is 2. The molecule has 2 N–H and O–H groups in total. The van der Waals surface area contributed by atoms with E-state index in [1.54, 1.807) is 18.7 Å². The summed E-state index contributed by atoms with van der Waals surface area (Å²) < 4.78 is 6.73. The molecule has 5 heteroatoms. The minimum atomic E-state index is 0.408. The Morgan fingerprint density at radius 1 is 1.39 bits per heavy atom. The third-order valence-corrected chi connectivity index (χ3v) is 2.77. The van der Waals surface area contributed by atoms with Crippen LogP contribution in [-0.2, 0) is 6.54 Å². The van der Waals surface area contributed by atoms with E-state index in [9.17, 15) is 0 Å². The van der Waals surface area contributed by atoms with Crippen LogP contribution in [0.2, 0.25) is 0 Å². The fourth-order valence-corrected chi connectivity index (χ4v) is 1.76. The van der Waals surface area contributed by atoms with Gasteiger partial charge in [-0.25, -0.2) is 4.68 Å². The normalized spacial score (nSPS) is 10.1. The molecule has 0 bridgehead atoms. The lowest BCUT2D eigenvalue weighted by Crippen LogP contribution is -2.06. The Balaban J connectivity index is 2.26. The lowest BCUT2D eigenvalue weighted by atomic mass is 10.2. The molecule has 0 atom stereocenters. The first-order valence-electron chi connectivity index (χ1n) is 5.51. The number of nitrogen functional groups attached to an aromatic ring is 1. The van der Waals surface area contributed by atoms with Crippen molar-refractivity contribution < 1.29 is 4.74 Å². The second-order valence-electron chi connectivity index (χ2n) is 3.96. The Bertz CT molecular complexity index is 593. The predicted molar refractivity (Wildman–Crippen MR) is 68.2 cm³/mol. The summed E-state index contributed by atoms with van der Waals surface area (Å²) in [5, 5.41) is 13.2. The molecule has 1 heterocycles. The maximum Gasteiger partial charge on any atom is 0.140 e. The fourth-order valence-electron chi connectivity index (χ4n) is 1.76. The van der Waals surface area contributed by atoms with Crippen LogP contribution in [0.5, 0.6) is 5.75 Å². The number of hydrogen-bond donors (Lipinski definition) is 1. The zero-order valence-corrected chi connectivity index (χ0v) is 10.3. The van der Waals surface area contributed by atoms with Crippen LogP contribution in [0.15, 0.2) is 24.3 Å². The van der Waals surface area contributed by atoms with Gasteiger partial charge in [0.05, 0.1) is 19.3 Å². The van der Waals surface area contributed by atoms with E-state index in [-0.39, 0.29) is 0 Å². The lowest BCUT2D eigenvalue weighted by molar-refractivity contribution is 0.414. The summed E-state index contributed by atoms with van der Waals surface area (Å²) in [5.41, 5.74) is 8.03. The molecular weight excluding hydrogens is 228 g/mol. The van der Waals surface area contributed by atoms with Gasteiger partial charge in [-0.05, 0) is 24.6 Å². The molecule has 0 aliphatic rings. The summed E-state index contributed by atoms with van der Waals surface area (Å²) in [5.74, 6) is 1.21. The Kier molecular flexibility index (Phi) is 3.20. The van der Waals surface area contributed by atoms with Crippen LogP contribution >= 0.6 is 0 Å². The predicted octanol–water partition coefficient (Wildman–Crippen LogP) is 1.70. The lowest BCUT2D eigenvalue weighted by Gasteiger charge is -2.05. The minimum Gasteiger partial charge on any atom is -0.497 e. The summed E-state index contributed by atoms with van der Waals surface area (Å²) >= 11 is 0. The SMILES string of the molecule is COc1ccc(Cn2nc(C)c(C#N)c2N)cc1. The number of ether oxygens (including phenoxy) is 1. The van der Waals surface area contributed by atoms with Crippen molar-refractivity contribution in [1.29, 1.82) is 5.26 Å². The van der Waals surface area contributed by atoms with E-state index >= 15 is 0 Å². The molecule has 92 valence electrons. The Labute approximate surface area is 105 Å². The Morgan fingerprint density at radius 3 is 2.56 bits per heavy atom. The number of methoxy groups -OCH3 is 1. The number of nitrogens with zero attached hydrogens (tertiary/aromatic N) is 3. The molecule has 0 aliphatic carbocycles. The van der Waals surface area contributed by atoms with Gasteiger partial charge in [0, 0.05) is 0 Å². The van der Waals surface area contributed by atoms with Gasteiger partial charge in [-0.2, -0.15) is 10.4 Å². The van der Waals surface area contributed by atoms with Gasteiger partial charge in [0.15, 0.2) is 0 Å². The highest BCUT2D eigenvalue weighted by Crippen LogP contribution is 2.17. The molecule has 0 fully saturated rings. The van der Waals surface area contributed by atoms with E-state index in [1.807, 2.05) is 24.3 Å². The van der Waals surface area contributed by atoms with Crippen LogP contribution in [0.1, 0.15) is 16.8 Å². The van der Waals surface area contributed by atoms with Gasteiger partial charge >= 0.3 is 0 Å². The van der Waals surface area contributed by atoms with Crippen molar-refractivity contribution in [3.8, 4) is 11.8 Å². The van der Waals surface area contributed by atoms with E-state index in [2.05, 4.69) is 11.2 Å². The molecule has 0 saturated heterocycles. The van der Waals surface area contributed by atoms with Crippen molar-refractivity contribution in [3.63, 3.8) is 0 Å². The molecule has 0 amide bonds. The highest BCUT2D eigenvalue weighted by atomic mass is 16.5. The quantitative estimate of drug-likeness (QED) is 0.888. The highest BCUT2D eigenvalue weighted by Gasteiger charge is 2.11. The van der Waals surface area contributed by atoms with Crippen molar-refractivity contribution >= 4 is 5.82 Å². The molecule has 1 aromatic carbocycles. The zero-order chi connectivity index (χ0) is 13.1. The van der Waals surface area contributed by atoms with Gasteiger partial charge in [0.1, 0.15) is 23.2 Å². The second-order valence-corrected chi connectivity index (χ2v) is 3.96. The summed E-state index contributed by atoms with van der Waals surface area (Å²) in [4.78, 5) is 0. The fraction of sp³-hybridized carbons (Fsp3) is 0.231. The Morgan fingerprint density at radius 2 is 2.06 bits per heavy atom. The van der Waals surface area contributed by atoms with E-state index in [1.165, 1.54) is 0 Å². The summed E-state index contributed by atoms with van der Waals surface area (Å²) in [6, 6.07) is 9.72. The van der Waals surface area contributed by atoms with Gasteiger partial charge in [-0.3, -0.25) is 0 Å². The summed E-state index contributed by atoms with van der Waals surface area (Å²) in [6.07, 6.45) is 0. The van der Waals surface area contributed by atoms with Crippen molar-refractivity contribution in [2.45, 2.75) is 13.5 Å². The van der Waals surface area contributed by atoms with Crippen LogP contribution in [-0.4, -0.2) is 16.9 Å². The van der Waals surface area contributed by atoms with Gasteiger partial charge in [-0.1, -0.05) is 12.1 Å². The van der Waals surface area contributed by atoms with Gasteiger partial charge in [0.2, 0.25) is 0 Å². The number of benzene rings is 1. The van der Waals surface area contributed by atoms with Crippen molar-refractivity contribution in [2.75, 3.05) is 12.8 Å². The molecule has 1 aromatic heterocycles. The molecular formula is C13H14N4O. The molecule has 2 aromatic rings. The number of aryl methyl sites for hydroxylation is 1. The number of nitrogens with two attached hydrogens (primary N) is 1. The smallest absolute Gasteiger partial charge is 0.140 e. The molecule has 0 unspecified atom stereocenters. The highest BCUT2D eigenvalue weighted by molar-refractivity contribution is 5.51. The van der Waals surface area contributed by atoms with Crippen LogP contribution in [0.25, 0.3) is 0 Å². The second kappa shape index (κ2) is 4.80.